The number of thioether (sulfide) groups is 1. The molecule has 2 rings (SSSR count). The minimum atomic E-state index is 0.460. The van der Waals surface area contributed by atoms with Gasteiger partial charge < -0.3 is 5.32 Å². The van der Waals surface area contributed by atoms with Gasteiger partial charge in [0.25, 0.3) is 0 Å². The zero-order chi connectivity index (χ0) is 12.3. The Labute approximate surface area is 112 Å². The predicted octanol–water partition coefficient (Wildman–Crippen LogP) is 4.27. The minimum Gasteiger partial charge on any atom is -0.335 e. The lowest BCUT2D eigenvalue weighted by molar-refractivity contribution is 0.529. The van der Waals surface area contributed by atoms with Gasteiger partial charge in [0, 0.05) is 16.5 Å². The fourth-order valence-corrected chi connectivity index (χ4v) is 3.00. The molecule has 1 heterocycles. The number of aliphatic imine (C=N–C) groups is 1. The van der Waals surface area contributed by atoms with Crippen molar-refractivity contribution in [3.8, 4) is 0 Å². The van der Waals surface area contributed by atoms with Crippen LogP contribution in [0.4, 0.5) is 5.69 Å². The van der Waals surface area contributed by atoms with E-state index in [1.807, 2.05) is 24.3 Å². The third-order valence-corrected chi connectivity index (χ3v) is 3.80. The molecule has 1 N–H and O–H groups in total. The highest BCUT2D eigenvalue weighted by molar-refractivity contribution is 8.14. The first kappa shape index (κ1) is 12.8. The maximum absolute atomic E-state index is 5.94. The van der Waals surface area contributed by atoms with Crippen molar-refractivity contribution in [2.24, 2.45) is 10.9 Å². The monoisotopic (exact) mass is 268 g/mol. The molecule has 0 saturated carbocycles. The molecule has 0 bridgehead atoms. The smallest absolute Gasteiger partial charge is 0.161 e. The fraction of sp³-hybridized carbons (Fsp3) is 0.462. The van der Waals surface area contributed by atoms with Gasteiger partial charge in [-0.05, 0) is 30.5 Å². The van der Waals surface area contributed by atoms with Crippen LogP contribution in [0.15, 0.2) is 29.3 Å². The van der Waals surface area contributed by atoms with Crippen molar-refractivity contribution in [2.75, 3.05) is 11.1 Å². The normalized spacial score (nSPS) is 19.5. The average Bonchev–Trinajstić information content (AvgIpc) is 2.64. The second-order valence-corrected chi connectivity index (χ2v) is 6.11. The summed E-state index contributed by atoms with van der Waals surface area (Å²) >= 11 is 7.73. The third-order valence-electron chi connectivity index (χ3n) is 2.53. The van der Waals surface area contributed by atoms with E-state index in [1.54, 1.807) is 11.8 Å². The van der Waals surface area contributed by atoms with Crippen LogP contribution in [0.1, 0.15) is 20.3 Å². The van der Waals surface area contributed by atoms with Crippen molar-refractivity contribution in [3.05, 3.63) is 29.3 Å². The first-order valence-electron chi connectivity index (χ1n) is 5.86. The summed E-state index contributed by atoms with van der Waals surface area (Å²) in [5.74, 6) is 1.79. The number of nitrogens with one attached hydrogen (secondary N) is 1. The van der Waals surface area contributed by atoms with Crippen LogP contribution in [0.2, 0.25) is 5.02 Å². The number of anilines is 1. The van der Waals surface area contributed by atoms with E-state index in [0.717, 1.165) is 28.1 Å². The lowest BCUT2D eigenvalue weighted by atomic mass is 10.1. The van der Waals surface area contributed by atoms with Gasteiger partial charge in [-0.15, -0.1) is 0 Å². The third kappa shape index (κ3) is 3.93. The Bertz CT molecular complexity index is 418. The number of rotatable bonds is 3. The molecule has 0 aliphatic carbocycles. The van der Waals surface area contributed by atoms with E-state index < -0.39 is 0 Å². The molecule has 1 aliphatic rings. The summed E-state index contributed by atoms with van der Waals surface area (Å²) in [5, 5.41) is 5.07. The van der Waals surface area contributed by atoms with Crippen molar-refractivity contribution >= 4 is 34.2 Å². The zero-order valence-corrected chi connectivity index (χ0v) is 11.7. The Morgan fingerprint density at radius 2 is 2.35 bits per heavy atom. The largest absolute Gasteiger partial charge is 0.335 e. The summed E-state index contributed by atoms with van der Waals surface area (Å²) < 4.78 is 0. The van der Waals surface area contributed by atoms with Crippen LogP contribution < -0.4 is 5.32 Å². The molecule has 1 atom stereocenters. The lowest BCUT2D eigenvalue weighted by Crippen LogP contribution is -2.08. The van der Waals surface area contributed by atoms with E-state index >= 15 is 0 Å². The molecule has 1 unspecified atom stereocenters. The molecule has 17 heavy (non-hydrogen) atoms. The second-order valence-electron chi connectivity index (χ2n) is 4.66. The fourth-order valence-electron chi connectivity index (χ4n) is 1.84. The average molecular weight is 269 g/mol. The maximum Gasteiger partial charge on any atom is 0.161 e. The van der Waals surface area contributed by atoms with Crippen molar-refractivity contribution in [1.29, 1.82) is 0 Å². The summed E-state index contributed by atoms with van der Waals surface area (Å²) in [6, 6.07) is 8.20. The summed E-state index contributed by atoms with van der Waals surface area (Å²) in [6.07, 6.45) is 1.16. The van der Waals surface area contributed by atoms with Crippen molar-refractivity contribution in [1.82, 2.24) is 0 Å². The van der Waals surface area contributed by atoms with Crippen molar-refractivity contribution < 1.29 is 0 Å². The molecule has 0 aromatic heterocycles. The Hall–Kier alpha value is -0.670. The molecular formula is C13H17ClN2S. The van der Waals surface area contributed by atoms with Gasteiger partial charge in [0.2, 0.25) is 0 Å². The summed E-state index contributed by atoms with van der Waals surface area (Å²) in [6.45, 7) is 4.48. The predicted molar refractivity (Wildman–Crippen MR) is 78.2 cm³/mol. The van der Waals surface area contributed by atoms with E-state index in [2.05, 4.69) is 24.2 Å². The number of halogens is 1. The first-order valence-corrected chi connectivity index (χ1v) is 7.23. The Morgan fingerprint density at radius 1 is 1.53 bits per heavy atom. The summed E-state index contributed by atoms with van der Waals surface area (Å²) in [4.78, 5) is 4.68. The van der Waals surface area contributed by atoms with Crippen LogP contribution in [-0.4, -0.2) is 17.0 Å². The second kappa shape index (κ2) is 5.78. The van der Waals surface area contributed by atoms with Gasteiger partial charge in [-0.3, -0.25) is 4.99 Å². The molecule has 0 saturated heterocycles. The number of benzene rings is 1. The topological polar surface area (TPSA) is 24.4 Å². The quantitative estimate of drug-likeness (QED) is 0.885. The van der Waals surface area contributed by atoms with Crippen LogP contribution in [0.5, 0.6) is 0 Å². The zero-order valence-electron chi connectivity index (χ0n) is 10.1. The number of amidine groups is 1. The molecule has 1 aromatic carbocycles. The molecule has 92 valence electrons. The Kier molecular flexibility index (Phi) is 4.35. The van der Waals surface area contributed by atoms with E-state index in [1.165, 1.54) is 0 Å². The summed E-state index contributed by atoms with van der Waals surface area (Å²) in [5.41, 5.74) is 1.01. The highest BCUT2D eigenvalue weighted by Gasteiger charge is 2.19. The maximum atomic E-state index is 5.94. The van der Waals surface area contributed by atoms with E-state index in [0.29, 0.717) is 12.0 Å². The highest BCUT2D eigenvalue weighted by Crippen LogP contribution is 2.25. The van der Waals surface area contributed by atoms with E-state index in [9.17, 15) is 0 Å². The highest BCUT2D eigenvalue weighted by atomic mass is 35.5. The number of hydrogen-bond donors (Lipinski definition) is 1. The van der Waals surface area contributed by atoms with Gasteiger partial charge in [-0.2, -0.15) is 0 Å². The van der Waals surface area contributed by atoms with Gasteiger partial charge in [0.1, 0.15) is 0 Å². The minimum absolute atomic E-state index is 0.460. The van der Waals surface area contributed by atoms with Crippen LogP contribution in [0.3, 0.4) is 0 Å². The number of hydrogen-bond acceptors (Lipinski definition) is 3. The van der Waals surface area contributed by atoms with Crippen LogP contribution in [0, 0.1) is 5.92 Å². The Balaban J connectivity index is 1.96. The van der Waals surface area contributed by atoms with Crippen LogP contribution in [0.25, 0.3) is 0 Å². The van der Waals surface area contributed by atoms with E-state index in [4.69, 9.17) is 11.6 Å². The molecule has 0 fully saturated rings. The van der Waals surface area contributed by atoms with Crippen molar-refractivity contribution in [3.63, 3.8) is 0 Å². The van der Waals surface area contributed by atoms with Crippen molar-refractivity contribution in [2.45, 2.75) is 26.3 Å². The summed E-state index contributed by atoms with van der Waals surface area (Å²) in [7, 11) is 0. The standard InChI is InChI=1S/C13H17ClN2S/c1-9(2)6-12-8-17-13(16-12)15-11-5-3-4-10(14)7-11/h3-5,7,9,12H,6,8H2,1-2H3,(H,15,16). The molecule has 0 spiro atoms. The molecule has 0 amide bonds. The number of nitrogens with zero attached hydrogens (tertiary/aromatic N) is 1. The van der Waals surface area contributed by atoms with Crippen LogP contribution in [-0.2, 0) is 0 Å². The van der Waals surface area contributed by atoms with Gasteiger partial charge in [0.15, 0.2) is 5.17 Å². The van der Waals surface area contributed by atoms with Gasteiger partial charge in [0.05, 0.1) is 6.04 Å². The van der Waals surface area contributed by atoms with Gasteiger partial charge in [-0.25, -0.2) is 0 Å². The van der Waals surface area contributed by atoms with Gasteiger partial charge >= 0.3 is 0 Å². The molecule has 1 aliphatic heterocycles. The molecule has 1 aromatic rings. The van der Waals surface area contributed by atoms with Gasteiger partial charge in [-0.1, -0.05) is 43.3 Å². The van der Waals surface area contributed by atoms with Crippen LogP contribution >= 0.6 is 23.4 Å². The molecule has 4 heteroatoms. The SMILES string of the molecule is CC(C)CC1CSC(Nc2cccc(Cl)c2)=N1. The first-order chi connectivity index (χ1) is 8.13. The molecule has 0 radical (unpaired) electrons. The molecule has 2 nitrogen and oxygen atoms in total. The van der Waals surface area contributed by atoms with E-state index in [-0.39, 0.29) is 0 Å². The molecular weight excluding hydrogens is 252 g/mol. The lowest BCUT2D eigenvalue weighted by Gasteiger charge is -2.07. The Morgan fingerprint density at radius 3 is 3.06 bits per heavy atom.